The van der Waals surface area contributed by atoms with Gasteiger partial charge in [-0.25, -0.2) is 14.2 Å². The van der Waals surface area contributed by atoms with Gasteiger partial charge >= 0.3 is 12.1 Å². The largest absolute Gasteiger partial charge is 0.481 e. The van der Waals surface area contributed by atoms with Crippen LogP contribution in [-0.2, 0) is 17.5 Å². The summed E-state index contributed by atoms with van der Waals surface area (Å²) < 4.78 is 73.4. The molecule has 1 fully saturated rings. The van der Waals surface area contributed by atoms with E-state index in [-0.39, 0.29) is 41.4 Å². The summed E-state index contributed by atoms with van der Waals surface area (Å²) in [6, 6.07) is 4.97. The van der Waals surface area contributed by atoms with E-state index >= 15 is 4.39 Å². The number of anilines is 2. The molecular formula is C32H36F4N4O6. The number of methoxy groups -OCH3 is 2. The Bertz CT molecular complexity index is 1570. The highest BCUT2D eigenvalue weighted by molar-refractivity contribution is 6.03. The van der Waals surface area contributed by atoms with E-state index < -0.39 is 46.8 Å². The summed E-state index contributed by atoms with van der Waals surface area (Å²) in [6.07, 6.45) is -0.927. The summed E-state index contributed by atoms with van der Waals surface area (Å²) in [7, 11) is 2.80. The van der Waals surface area contributed by atoms with Gasteiger partial charge in [-0.2, -0.15) is 18.2 Å². The first-order chi connectivity index (χ1) is 21.7. The summed E-state index contributed by atoms with van der Waals surface area (Å²) in [6.45, 7) is 5.33. The van der Waals surface area contributed by atoms with Gasteiger partial charge in [0, 0.05) is 42.9 Å². The molecule has 4 rings (SSSR count). The van der Waals surface area contributed by atoms with Gasteiger partial charge in [0.2, 0.25) is 23.5 Å². The summed E-state index contributed by atoms with van der Waals surface area (Å²) in [5.74, 6) is -4.22. The van der Waals surface area contributed by atoms with Crippen molar-refractivity contribution in [3.8, 4) is 23.4 Å². The third kappa shape index (κ3) is 7.77. The molecule has 0 radical (unpaired) electrons. The summed E-state index contributed by atoms with van der Waals surface area (Å²) in [5.41, 5.74) is -1.53. The Kier molecular flexibility index (Phi) is 10.6. The molecule has 1 aliphatic rings. The molecule has 1 aliphatic carbocycles. The maximum Gasteiger partial charge on any atom is 0.421 e. The van der Waals surface area contributed by atoms with Crippen molar-refractivity contribution in [2.75, 3.05) is 24.4 Å². The molecule has 0 unspecified atom stereocenters. The molecule has 14 heteroatoms. The van der Waals surface area contributed by atoms with E-state index in [9.17, 15) is 27.9 Å². The van der Waals surface area contributed by atoms with Crippen LogP contribution >= 0.6 is 0 Å². The van der Waals surface area contributed by atoms with Crippen LogP contribution in [0.15, 0.2) is 36.5 Å². The van der Waals surface area contributed by atoms with E-state index in [1.165, 1.54) is 19.1 Å². The third-order valence-electron chi connectivity index (χ3n) is 7.80. The number of amides is 1. The molecule has 1 aromatic carbocycles. The first kappa shape index (κ1) is 34.3. The van der Waals surface area contributed by atoms with Crippen molar-refractivity contribution < 1.29 is 46.5 Å². The fourth-order valence-corrected chi connectivity index (χ4v) is 5.35. The zero-order chi connectivity index (χ0) is 33.8. The highest BCUT2D eigenvalue weighted by Crippen LogP contribution is 2.40. The molecule has 0 saturated heterocycles. The number of carbonyl (C=O) groups excluding carboxylic acids is 1. The van der Waals surface area contributed by atoms with Crippen molar-refractivity contribution in [1.82, 2.24) is 9.97 Å². The molecule has 46 heavy (non-hydrogen) atoms. The van der Waals surface area contributed by atoms with Crippen LogP contribution < -0.4 is 24.4 Å². The maximum absolute atomic E-state index is 15.5. The standard InChI is InChI=1S/C32H36F4N4O6/c1-17(2)40(30(41)20-8-6-18(3)7-9-20)25-14-23(33)26(13-21(25)31(42)43)46-28-22(32(34,35)36)12-19(16-38-28)15-37-24-10-11-27(44-4)39-29(24)45-5/h10-14,16-18,20,37H,6-9,15H2,1-5H3,(H,42,43). The first-order valence-corrected chi connectivity index (χ1v) is 14.7. The number of nitrogens with zero attached hydrogens (tertiary/aromatic N) is 3. The lowest BCUT2D eigenvalue weighted by Gasteiger charge is -2.34. The number of benzene rings is 1. The average molecular weight is 649 g/mol. The van der Waals surface area contributed by atoms with Crippen LogP contribution in [-0.4, -0.2) is 47.2 Å². The normalized spacial score (nSPS) is 16.6. The number of nitrogens with one attached hydrogen (secondary N) is 1. The molecule has 248 valence electrons. The third-order valence-corrected chi connectivity index (χ3v) is 7.80. The second-order valence-electron chi connectivity index (χ2n) is 11.4. The number of ether oxygens (including phenoxy) is 3. The molecular weight excluding hydrogens is 612 g/mol. The Morgan fingerprint density at radius 1 is 1.07 bits per heavy atom. The number of hydrogen-bond acceptors (Lipinski definition) is 8. The van der Waals surface area contributed by atoms with Gasteiger partial charge in [-0.05, 0) is 63.1 Å². The minimum absolute atomic E-state index is 0.0998. The number of pyridine rings is 2. The van der Waals surface area contributed by atoms with Gasteiger partial charge in [-0.15, -0.1) is 0 Å². The monoisotopic (exact) mass is 648 g/mol. The Labute approximate surface area is 263 Å². The van der Waals surface area contributed by atoms with Crippen molar-refractivity contribution in [1.29, 1.82) is 0 Å². The van der Waals surface area contributed by atoms with Crippen LogP contribution in [0, 0.1) is 17.7 Å². The lowest BCUT2D eigenvalue weighted by molar-refractivity contribution is -0.139. The molecule has 1 saturated carbocycles. The number of aromatic nitrogens is 2. The quantitative estimate of drug-likeness (QED) is 0.206. The van der Waals surface area contributed by atoms with E-state index in [0.29, 0.717) is 24.4 Å². The molecule has 2 N–H and O–H groups in total. The molecule has 0 spiro atoms. The predicted molar refractivity (Wildman–Crippen MR) is 161 cm³/mol. The molecule has 2 aromatic heterocycles. The molecule has 2 heterocycles. The first-order valence-electron chi connectivity index (χ1n) is 14.7. The number of carbonyl (C=O) groups is 2. The number of aromatic carboxylic acids is 1. The number of halogens is 4. The number of hydrogen-bond donors (Lipinski definition) is 2. The van der Waals surface area contributed by atoms with Crippen LogP contribution in [0.5, 0.6) is 23.4 Å². The van der Waals surface area contributed by atoms with Crippen molar-refractivity contribution in [2.45, 2.75) is 65.2 Å². The second-order valence-corrected chi connectivity index (χ2v) is 11.4. The topological polar surface area (TPSA) is 123 Å². The predicted octanol–water partition coefficient (Wildman–Crippen LogP) is 7.32. The van der Waals surface area contributed by atoms with Crippen molar-refractivity contribution in [3.63, 3.8) is 0 Å². The van der Waals surface area contributed by atoms with Gasteiger partial charge in [-0.3, -0.25) is 4.79 Å². The Balaban J connectivity index is 1.64. The van der Waals surface area contributed by atoms with Crippen LogP contribution in [0.4, 0.5) is 28.9 Å². The maximum atomic E-state index is 15.5. The minimum Gasteiger partial charge on any atom is -0.481 e. The van der Waals surface area contributed by atoms with E-state index in [4.69, 9.17) is 14.2 Å². The molecule has 3 aromatic rings. The molecule has 0 aliphatic heterocycles. The fraction of sp³-hybridized carbons (Fsp3) is 0.438. The zero-order valence-electron chi connectivity index (χ0n) is 26.1. The smallest absolute Gasteiger partial charge is 0.421 e. The van der Waals surface area contributed by atoms with Gasteiger partial charge < -0.3 is 29.5 Å². The van der Waals surface area contributed by atoms with E-state index in [2.05, 4.69) is 22.2 Å². The van der Waals surface area contributed by atoms with Gasteiger partial charge in [0.25, 0.3) is 0 Å². The number of carboxylic acids is 1. The fourth-order valence-electron chi connectivity index (χ4n) is 5.35. The number of alkyl halides is 3. The molecule has 0 atom stereocenters. The summed E-state index contributed by atoms with van der Waals surface area (Å²) in [4.78, 5) is 35.0. The summed E-state index contributed by atoms with van der Waals surface area (Å²) >= 11 is 0. The Morgan fingerprint density at radius 3 is 2.35 bits per heavy atom. The Morgan fingerprint density at radius 2 is 1.76 bits per heavy atom. The summed E-state index contributed by atoms with van der Waals surface area (Å²) in [5, 5.41) is 12.9. The Hall–Kier alpha value is -4.62. The lowest BCUT2D eigenvalue weighted by atomic mass is 9.82. The van der Waals surface area contributed by atoms with Crippen LogP contribution in [0.25, 0.3) is 0 Å². The highest BCUT2D eigenvalue weighted by atomic mass is 19.4. The lowest BCUT2D eigenvalue weighted by Crippen LogP contribution is -2.43. The SMILES string of the molecule is COc1ccc(NCc2cnc(Oc3cc(C(=O)O)c(N(C(=O)C4CCC(C)CC4)C(C)C)cc3F)c(C(F)(F)F)c2)c(OC)n1. The van der Waals surface area contributed by atoms with Crippen LogP contribution in [0.2, 0.25) is 0 Å². The minimum atomic E-state index is -4.96. The number of carboxylic acid groups (broad SMARTS) is 1. The molecule has 10 nitrogen and oxygen atoms in total. The molecule has 0 bridgehead atoms. The van der Waals surface area contributed by atoms with E-state index in [1.54, 1.807) is 26.0 Å². The van der Waals surface area contributed by atoms with Crippen LogP contribution in [0.3, 0.4) is 0 Å². The average Bonchev–Trinajstić information content (AvgIpc) is 3.01. The van der Waals surface area contributed by atoms with Gasteiger partial charge in [0.15, 0.2) is 11.6 Å². The number of rotatable bonds is 11. The van der Waals surface area contributed by atoms with Gasteiger partial charge in [0.1, 0.15) is 5.56 Å². The van der Waals surface area contributed by atoms with Crippen molar-refractivity contribution in [2.24, 2.45) is 11.8 Å². The van der Waals surface area contributed by atoms with E-state index in [1.807, 2.05) is 0 Å². The van der Waals surface area contributed by atoms with E-state index in [0.717, 1.165) is 37.2 Å². The van der Waals surface area contributed by atoms with Crippen LogP contribution in [0.1, 0.15) is 67.9 Å². The zero-order valence-corrected chi connectivity index (χ0v) is 26.1. The van der Waals surface area contributed by atoms with Crippen molar-refractivity contribution >= 4 is 23.3 Å². The van der Waals surface area contributed by atoms with Crippen molar-refractivity contribution in [3.05, 3.63) is 59.0 Å². The highest BCUT2D eigenvalue weighted by Gasteiger charge is 2.37. The molecule has 1 amide bonds. The van der Waals surface area contributed by atoms with Gasteiger partial charge in [-0.1, -0.05) is 6.92 Å². The second kappa shape index (κ2) is 14.2. The van der Waals surface area contributed by atoms with Gasteiger partial charge in [0.05, 0.1) is 31.2 Å².